The third-order valence-electron chi connectivity index (χ3n) is 2.80. The summed E-state index contributed by atoms with van der Waals surface area (Å²) in [6, 6.07) is 0. The molecule has 0 aromatic carbocycles. The second-order valence-corrected chi connectivity index (χ2v) is 5.60. The summed E-state index contributed by atoms with van der Waals surface area (Å²) >= 11 is 2.63. The van der Waals surface area contributed by atoms with E-state index >= 15 is 0 Å². The Labute approximate surface area is 69.7 Å². The average Bonchev–Trinajstić information content (AvgIpc) is 2.06. The Balaban J connectivity index is 2.13. The van der Waals surface area contributed by atoms with Crippen molar-refractivity contribution in [2.24, 2.45) is 11.8 Å². The monoisotopic (exact) mass is 237 g/mol. The molecule has 0 unspecified atom stereocenters. The molecule has 0 bridgehead atoms. The normalized spacial score (nSPS) is 56.7. The SMILES string of the molecule is C[C@@H]1C[C@]2(I)CNC[C@H]12. The van der Waals surface area contributed by atoms with Crippen LogP contribution in [0.15, 0.2) is 0 Å². The molecule has 0 aromatic heterocycles. The van der Waals surface area contributed by atoms with E-state index < -0.39 is 0 Å². The average molecular weight is 237 g/mol. The Morgan fingerprint density at radius 2 is 2.44 bits per heavy atom. The first-order valence-corrected chi connectivity index (χ1v) is 4.70. The molecule has 9 heavy (non-hydrogen) atoms. The molecule has 0 spiro atoms. The van der Waals surface area contributed by atoms with Crippen molar-refractivity contribution >= 4 is 22.6 Å². The van der Waals surface area contributed by atoms with Gasteiger partial charge in [-0.3, -0.25) is 0 Å². The van der Waals surface area contributed by atoms with Crippen LogP contribution in [0.2, 0.25) is 0 Å². The maximum Gasteiger partial charge on any atom is 0.0392 e. The second kappa shape index (κ2) is 1.84. The van der Waals surface area contributed by atoms with Crippen molar-refractivity contribution in [1.29, 1.82) is 0 Å². The third kappa shape index (κ3) is 0.755. The minimum absolute atomic E-state index is 0.664. The van der Waals surface area contributed by atoms with Gasteiger partial charge < -0.3 is 5.32 Å². The smallest absolute Gasteiger partial charge is 0.0392 e. The zero-order valence-corrected chi connectivity index (χ0v) is 7.81. The molecule has 1 aliphatic carbocycles. The van der Waals surface area contributed by atoms with Crippen LogP contribution in [-0.2, 0) is 0 Å². The van der Waals surface area contributed by atoms with Crippen LogP contribution < -0.4 is 5.32 Å². The molecule has 52 valence electrons. The van der Waals surface area contributed by atoms with Crippen LogP contribution in [0.3, 0.4) is 0 Å². The Kier molecular flexibility index (Phi) is 1.31. The maximum absolute atomic E-state index is 3.45. The largest absolute Gasteiger partial charge is 0.315 e. The van der Waals surface area contributed by atoms with E-state index in [2.05, 4.69) is 34.8 Å². The first-order valence-electron chi connectivity index (χ1n) is 3.62. The predicted molar refractivity (Wildman–Crippen MR) is 46.9 cm³/mol. The van der Waals surface area contributed by atoms with Crippen LogP contribution in [-0.4, -0.2) is 16.5 Å². The van der Waals surface area contributed by atoms with Crippen molar-refractivity contribution in [2.75, 3.05) is 13.1 Å². The van der Waals surface area contributed by atoms with Crippen LogP contribution in [0.4, 0.5) is 0 Å². The highest BCUT2D eigenvalue weighted by Crippen LogP contribution is 2.52. The van der Waals surface area contributed by atoms with Gasteiger partial charge in [-0.1, -0.05) is 29.5 Å². The van der Waals surface area contributed by atoms with Gasteiger partial charge in [-0.15, -0.1) is 0 Å². The lowest BCUT2D eigenvalue weighted by Gasteiger charge is -2.45. The van der Waals surface area contributed by atoms with Crippen molar-refractivity contribution in [3.05, 3.63) is 0 Å². The van der Waals surface area contributed by atoms with Crippen LogP contribution in [0.25, 0.3) is 0 Å². The molecule has 1 aliphatic heterocycles. The van der Waals surface area contributed by atoms with Crippen LogP contribution in [0.5, 0.6) is 0 Å². The van der Waals surface area contributed by atoms with Crippen molar-refractivity contribution in [3.63, 3.8) is 0 Å². The quantitative estimate of drug-likeness (QED) is 0.496. The van der Waals surface area contributed by atoms with E-state index in [1.165, 1.54) is 19.5 Å². The minimum Gasteiger partial charge on any atom is -0.315 e. The molecule has 2 aliphatic rings. The van der Waals surface area contributed by atoms with Gasteiger partial charge in [0.25, 0.3) is 0 Å². The van der Waals surface area contributed by atoms with Gasteiger partial charge in [0, 0.05) is 9.97 Å². The summed E-state index contributed by atoms with van der Waals surface area (Å²) in [5.74, 6) is 1.97. The lowest BCUT2D eigenvalue weighted by Crippen LogP contribution is -2.46. The minimum atomic E-state index is 0.664. The Morgan fingerprint density at radius 3 is 2.89 bits per heavy atom. The molecule has 0 amide bonds. The number of hydrogen-bond donors (Lipinski definition) is 1. The summed E-state index contributed by atoms with van der Waals surface area (Å²) in [6.07, 6.45) is 1.44. The molecule has 2 fully saturated rings. The lowest BCUT2D eigenvalue weighted by molar-refractivity contribution is 0.187. The highest BCUT2D eigenvalue weighted by atomic mass is 127. The van der Waals surface area contributed by atoms with Crippen LogP contribution in [0.1, 0.15) is 13.3 Å². The first-order chi connectivity index (χ1) is 4.22. The molecule has 2 rings (SSSR count). The van der Waals surface area contributed by atoms with Crippen molar-refractivity contribution in [2.45, 2.75) is 16.8 Å². The predicted octanol–water partition coefficient (Wildman–Crippen LogP) is 1.42. The van der Waals surface area contributed by atoms with E-state index in [1.807, 2.05) is 0 Å². The summed E-state index contributed by atoms with van der Waals surface area (Å²) in [6.45, 7) is 4.89. The zero-order valence-electron chi connectivity index (χ0n) is 5.65. The molecule has 1 heterocycles. The van der Waals surface area contributed by atoms with E-state index in [-0.39, 0.29) is 0 Å². The molecule has 0 aromatic rings. The summed E-state index contributed by atoms with van der Waals surface area (Å²) < 4.78 is 0.664. The summed E-state index contributed by atoms with van der Waals surface area (Å²) in [5.41, 5.74) is 0. The van der Waals surface area contributed by atoms with Gasteiger partial charge in [0.15, 0.2) is 0 Å². The number of halogens is 1. The summed E-state index contributed by atoms with van der Waals surface area (Å²) in [5, 5.41) is 3.45. The van der Waals surface area contributed by atoms with Gasteiger partial charge in [-0.05, 0) is 24.8 Å². The molecule has 2 heteroatoms. The highest BCUT2D eigenvalue weighted by molar-refractivity contribution is 14.1. The number of alkyl halides is 1. The first kappa shape index (κ1) is 6.40. The molecular weight excluding hydrogens is 225 g/mol. The number of fused-ring (bicyclic) bond motifs is 1. The fourth-order valence-electron chi connectivity index (χ4n) is 2.20. The van der Waals surface area contributed by atoms with Gasteiger partial charge >= 0.3 is 0 Å². The van der Waals surface area contributed by atoms with E-state index in [1.54, 1.807) is 0 Å². The van der Waals surface area contributed by atoms with Crippen LogP contribution >= 0.6 is 22.6 Å². The van der Waals surface area contributed by atoms with Crippen LogP contribution in [0, 0.1) is 11.8 Å². The number of hydrogen-bond acceptors (Lipinski definition) is 1. The summed E-state index contributed by atoms with van der Waals surface area (Å²) in [7, 11) is 0. The number of rotatable bonds is 0. The van der Waals surface area contributed by atoms with E-state index in [9.17, 15) is 0 Å². The maximum atomic E-state index is 3.45. The Hall–Kier alpha value is 0.690. The van der Waals surface area contributed by atoms with E-state index in [4.69, 9.17) is 0 Å². The molecule has 1 saturated heterocycles. The van der Waals surface area contributed by atoms with Crippen molar-refractivity contribution in [1.82, 2.24) is 5.32 Å². The van der Waals surface area contributed by atoms with Gasteiger partial charge in [0.1, 0.15) is 0 Å². The molecule has 0 radical (unpaired) electrons. The van der Waals surface area contributed by atoms with Gasteiger partial charge in [0.05, 0.1) is 0 Å². The fourth-order valence-corrected chi connectivity index (χ4v) is 4.00. The van der Waals surface area contributed by atoms with Gasteiger partial charge in [0.2, 0.25) is 0 Å². The molecule has 1 N–H and O–H groups in total. The van der Waals surface area contributed by atoms with Gasteiger partial charge in [-0.2, -0.15) is 0 Å². The standard InChI is InChI=1S/C7H12IN/c1-5-2-7(8)4-9-3-6(5)7/h5-6,9H,2-4H2,1H3/t5-,6-,7+/m1/s1. The third-order valence-corrected chi connectivity index (χ3v) is 4.42. The molecular formula is C7H12IN. The number of nitrogens with one attached hydrogen (secondary N) is 1. The van der Waals surface area contributed by atoms with E-state index in [0.717, 1.165) is 11.8 Å². The van der Waals surface area contributed by atoms with Crippen molar-refractivity contribution < 1.29 is 0 Å². The highest BCUT2D eigenvalue weighted by Gasteiger charge is 2.52. The fraction of sp³-hybridized carbons (Fsp3) is 1.00. The Morgan fingerprint density at radius 1 is 1.67 bits per heavy atom. The van der Waals surface area contributed by atoms with Gasteiger partial charge in [-0.25, -0.2) is 0 Å². The Bertz CT molecular complexity index is 137. The zero-order chi connectivity index (χ0) is 6.48. The molecule has 1 nitrogen and oxygen atoms in total. The molecule has 3 atom stereocenters. The lowest BCUT2D eigenvalue weighted by atomic mass is 9.68. The topological polar surface area (TPSA) is 12.0 Å². The second-order valence-electron chi connectivity index (χ2n) is 3.45. The summed E-state index contributed by atoms with van der Waals surface area (Å²) in [4.78, 5) is 0. The molecule has 1 saturated carbocycles. The van der Waals surface area contributed by atoms with E-state index in [0.29, 0.717) is 3.42 Å². The van der Waals surface area contributed by atoms with Crippen molar-refractivity contribution in [3.8, 4) is 0 Å².